The maximum absolute atomic E-state index is 13.6. The summed E-state index contributed by atoms with van der Waals surface area (Å²) in [5, 5.41) is 67.5. The van der Waals surface area contributed by atoms with Crippen molar-refractivity contribution in [1.29, 1.82) is 21.0 Å². The van der Waals surface area contributed by atoms with Crippen LogP contribution in [0.4, 0.5) is 62.0 Å². The van der Waals surface area contributed by atoms with Crippen LogP contribution in [0.2, 0.25) is 5.02 Å². The lowest BCUT2D eigenvalue weighted by molar-refractivity contribution is 0.101. The molecule has 0 aliphatic carbocycles. The first-order valence-electron chi connectivity index (χ1n) is 44.2. The summed E-state index contributed by atoms with van der Waals surface area (Å²) in [5.41, 5.74) is 4.65. The number of aryl methyl sites for hydroxylation is 6. The molecule has 40 nitrogen and oxygen atoms in total. The normalized spacial score (nSPS) is 10.5. The summed E-state index contributed by atoms with van der Waals surface area (Å²) in [5.74, 6) is -3.43. The largest absolute Gasteiger partial charge is 0.359 e. The molecule has 11 aromatic heterocycles. The minimum Gasteiger partial charge on any atom is -0.359 e. The molecule has 0 unspecified atom stereocenters. The monoisotopic (exact) mass is 2020 g/mol. The quantitative estimate of drug-likeness (QED) is 0.0426. The minimum atomic E-state index is -0.822. The molecule has 43 heteroatoms. The number of imidazole rings is 5. The molecule has 0 saturated carbocycles. The van der Waals surface area contributed by atoms with Crippen molar-refractivity contribution in [2.45, 2.75) is 41.5 Å². The highest BCUT2D eigenvalue weighted by molar-refractivity contribution is 7.09. The van der Waals surface area contributed by atoms with Gasteiger partial charge in [0.1, 0.15) is 92.2 Å². The third kappa shape index (κ3) is 20.0. The van der Waals surface area contributed by atoms with E-state index in [0.717, 1.165) is 22.7 Å². The first-order chi connectivity index (χ1) is 72.5. The summed E-state index contributed by atoms with van der Waals surface area (Å²) in [6.07, 6.45) is 0. The van der Waals surface area contributed by atoms with E-state index in [-0.39, 0.29) is 130 Å². The molecular formula is C107H68ClFN30O10S. The molecule has 0 bridgehead atoms. The summed E-state index contributed by atoms with van der Waals surface area (Å²) in [4.78, 5) is 172. The SMILES string of the molecule is [C-]#[N+]c1nc2c(=O)c(C(=O)Nc3cc(Cl)ccc3C#N)c(C)[nH]n2c1-c1ccccc1.[C-]#[N+]c1nc2c(=O)c(C(=O)Nc3cc(F)ccc3C#N)c(C)[nH]n2c1-c1ccccc1.[C-]#[N+]c1nc2c(=O)c(C(=O)Nc3ccccc3C#N)c(C)[nH]n2c1-c1ccccc1.[C-]#[N+]c1nc2c(=O)c(C(=O)Nc3ccccc3C#N)c(C)[nH]n2c1-c1ccccc1.[C-]#[N+]c1nc2c(=O)c(C(=O)Nc3csc(C)n3)c(C)[nH]n2c1-c1ccccc1. The number of carbonyl (C=O) groups excluding carboxylic acids is 5. The number of hydrogen-bond acceptors (Lipinski definition) is 21. The van der Waals surface area contributed by atoms with E-state index < -0.39 is 62.5 Å². The van der Waals surface area contributed by atoms with Crippen molar-refractivity contribution in [3.05, 3.63) is 445 Å². The Hall–Kier alpha value is -22.3. The van der Waals surface area contributed by atoms with Gasteiger partial charge in [0, 0.05) is 38.9 Å². The van der Waals surface area contributed by atoms with Crippen molar-refractivity contribution < 1.29 is 28.4 Å². The molecule has 150 heavy (non-hydrogen) atoms. The number of thiazole rings is 1. The van der Waals surface area contributed by atoms with Gasteiger partial charge in [-0.1, -0.05) is 245 Å². The maximum Gasteiger partial charge on any atom is 0.298 e. The minimum absolute atomic E-state index is 0.00457. The zero-order chi connectivity index (χ0) is 107. The molecule has 11 heterocycles. The van der Waals surface area contributed by atoms with Gasteiger partial charge in [-0.2, -0.15) is 21.0 Å². The Morgan fingerprint density at radius 3 is 0.807 bits per heavy atom. The second kappa shape index (κ2) is 43.4. The molecule has 5 amide bonds. The second-order valence-corrected chi connectivity index (χ2v) is 33.7. The van der Waals surface area contributed by atoms with E-state index in [4.69, 9.17) is 44.5 Å². The number of H-pyrrole nitrogens is 5. The maximum atomic E-state index is 13.6. The fourth-order valence-electron chi connectivity index (χ4n) is 16.1. The highest BCUT2D eigenvalue weighted by Crippen LogP contribution is 2.37. The summed E-state index contributed by atoms with van der Waals surface area (Å²) in [7, 11) is 0. The summed E-state index contributed by atoms with van der Waals surface area (Å²) in [6, 6.07) is 74.0. The Balaban J connectivity index is 0.000000134. The number of nitrogens with one attached hydrogen (secondary N) is 10. The van der Waals surface area contributed by atoms with E-state index in [1.165, 1.54) is 65.1 Å². The van der Waals surface area contributed by atoms with Crippen molar-refractivity contribution in [2.24, 2.45) is 0 Å². The van der Waals surface area contributed by atoms with Crippen molar-refractivity contribution in [3.63, 3.8) is 0 Å². The number of benzene rings is 9. The van der Waals surface area contributed by atoms with E-state index in [1.54, 1.807) is 118 Å². The number of anilines is 5. The van der Waals surface area contributed by atoms with Crippen LogP contribution in [0.3, 0.4) is 0 Å². The van der Waals surface area contributed by atoms with Gasteiger partial charge in [-0.15, -0.1) is 11.3 Å². The van der Waals surface area contributed by atoms with E-state index in [2.05, 4.69) is 106 Å². The van der Waals surface area contributed by atoms with Gasteiger partial charge >= 0.3 is 0 Å². The molecule has 0 fully saturated rings. The average Bonchev–Trinajstić information content (AvgIpc) is 1.62. The number of fused-ring (bicyclic) bond motifs is 5. The van der Waals surface area contributed by atoms with E-state index >= 15 is 0 Å². The van der Waals surface area contributed by atoms with E-state index in [0.29, 0.717) is 90.0 Å². The first-order valence-corrected chi connectivity index (χ1v) is 45.5. The van der Waals surface area contributed by atoms with Crippen molar-refractivity contribution >= 4 is 138 Å². The van der Waals surface area contributed by atoms with Crippen molar-refractivity contribution in [2.75, 3.05) is 26.6 Å². The van der Waals surface area contributed by atoms with Gasteiger partial charge in [-0.25, -0.2) is 32.0 Å². The van der Waals surface area contributed by atoms with Crippen LogP contribution in [0.15, 0.2) is 266 Å². The van der Waals surface area contributed by atoms with Gasteiger partial charge in [-0.3, -0.25) is 73.4 Å². The summed E-state index contributed by atoms with van der Waals surface area (Å²) < 4.78 is 20.7. The van der Waals surface area contributed by atoms with Gasteiger partial charge in [0.15, 0.2) is 0 Å². The highest BCUT2D eigenvalue weighted by Gasteiger charge is 2.33. The third-order valence-corrected chi connectivity index (χ3v) is 23.8. The molecule has 0 aliphatic heterocycles. The number of nitriles is 4. The fourth-order valence-corrected chi connectivity index (χ4v) is 16.8. The molecule has 20 rings (SSSR count). The van der Waals surface area contributed by atoms with Crippen LogP contribution in [0.1, 0.15) is 108 Å². The standard InChI is InChI=1S/C22H13ClN6O2.C22H13FN6O2.2C22H14N6O2.C19H14N6O2S/c2*1-12-17(22(31)26-16-10-15(23)9-8-14(16)11-24)19(30)21-27-20(25-2)18(29(21)28-12)13-6-4-3-5-7-13;2*1-13-17(22(30)25-16-11-7-6-10-15(16)12-23)19(29)21-26-20(24-2)18(28(21)27-13)14-8-4-3-5-9-14;1-10-14(19(27)22-13-9-28-11(2)21-13)16(26)18-23-17(20-3)15(25(18)24-10)12-7-5-4-6-8-12/h2*3-10,28H,1H3,(H,26,31);2*3-11,27H,1H3,(H,25,30);4-9,24H,1-2H3,(H,22,27). The predicted molar refractivity (Wildman–Crippen MR) is 557 cm³/mol. The number of nitrogens with zero attached hydrogens (tertiary/aromatic N) is 20. The van der Waals surface area contributed by atoms with E-state index in [9.17, 15) is 73.4 Å². The number of aromatic amines is 5. The van der Waals surface area contributed by atoms with Crippen LogP contribution in [-0.2, 0) is 0 Å². The van der Waals surface area contributed by atoms with Crippen molar-refractivity contribution in [1.82, 2.24) is 78.0 Å². The number of carbonyl (C=O) groups is 5. The lowest BCUT2D eigenvalue weighted by atomic mass is 10.1. The Kier molecular flexibility index (Phi) is 29.1. The second-order valence-electron chi connectivity index (χ2n) is 32.2. The molecule has 10 N–H and O–H groups in total. The Morgan fingerprint density at radius 2 is 0.553 bits per heavy atom. The topological polar surface area (TPSA) is 526 Å². The highest BCUT2D eigenvalue weighted by atomic mass is 35.5. The number of amides is 5. The molecule has 0 radical (unpaired) electrons. The Labute approximate surface area is 853 Å². The fraction of sp³-hybridized carbons (Fsp3) is 0.0561. The molecule has 20 aromatic rings. The molecule has 9 aromatic carbocycles. The molecular weight excluding hydrogens is 1950 g/mol. The van der Waals surface area contributed by atoms with Crippen LogP contribution in [-0.4, -0.2) is 108 Å². The van der Waals surface area contributed by atoms with Crippen LogP contribution >= 0.6 is 22.9 Å². The third-order valence-electron chi connectivity index (χ3n) is 22.8. The summed E-state index contributed by atoms with van der Waals surface area (Å²) >= 11 is 7.37. The number of rotatable bonds is 15. The molecule has 726 valence electrons. The molecule has 0 spiro atoms. The molecule has 0 aliphatic rings. The van der Waals surface area contributed by atoms with Crippen LogP contribution in [0, 0.1) is 126 Å². The van der Waals surface area contributed by atoms with Crippen LogP contribution in [0.5, 0.6) is 0 Å². The number of para-hydroxylation sites is 2. The first kappa shape index (κ1) is 101. The van der Waals surface area contributed by atoms with Gasteiger partial charge in [0.2, 0.25) is 0 Å². The van der Waals surface area contributed by atoms with Gasteiger partial charge < -0.3 is 50.8 Å². The number of halogens is 2. The Bertz CT molecular complexity index is 9290. The molecule has 0 atom stereocenters. The zero-order valence-electron chi connectivity index (χ0n) is 78.8. The van der Waals surface area contributed by atoms with E-state index in [1.807, 2.05) is 146 Å². The lowest BCUT2D eigenvalue weighted by Crippen LogP contribution is -2.26. The summed E-state index contributed by atoms with van der Waals surface area (Å²) in [6.45, 7) is 47.0. The average molecular weight is 2020 g/mol. The molecule has 0 saturated heterocycles. The zero-order valence-corrected chi connectivity index (χ0v) is 80.4. The van der Waals surface area contributed by atoms with Gasteiger partial charge in [0.05, 0.1) is 50.0 Å². The van der Waals surface area contributed by atoms with Crippen LogP contribution < -0.4 is 53.7 Å². The number of hydrogen-bond donors (Lipinski definition) is 10. The van der Waals surface area contributed by atoms with Crippen LogP contribution in [0.25, 0.3) is 109 Å². The number of aromatic nitrogens is 16. The lowest BCUT2D eigenvalue weighted by Gasteiger charge is -2.10. The Morgan fingerprint density at radius 1 is 0.320 bits per heavy atom. The predicted octanol–water partition coefficient (Wildman–Crippen LogP) is 19.0. The van der Waals surface area contributed by atoms with Crippen molar-refractivity contribution in [3.8, 4) is 80.6 Å². The van der Waals surface area contributed by atoms with Gasteiger partial charge in [-0.05, 0) is 130 Å². The smallest absolute Gasteiger partial charge is 0.298 e. The van der Waals surface area contributed by atoms with Gasteiger partial charge in [0.25, 0.3) is 114 Å².